The van der Waals surface area contributed by atoms with Crippen LogP contribution in [0, 0.1) is 12.8 Å². The van der Waals surface area contributed by atoms with Crippen molar-refractivity contribution in [1.29, 1.82) is 0 Å². The molecule has 0 bridgehead atoms. The quantitative estimate of drug-likeness (QED) is 0.400. The highest BCUT2D eigenvalue weighted by Crippen LogP contribution is 2.22. The first-order chi connectivity index (χ1) is 16.5. The fourth-order valence-corrected chi connectivity index (χ4v) is 4.89. The standard InChI is InChI=1S/C26H29N5O2S/c1-18-9-12-30(13-10-18)14-22-17-34-26(28-22)29-25(32)20-5-7-23(8-6-20)33-16-21-15-31-11-3-4-19(2)24(31)27-21/h3-8,11,15,17-18H,9-10,12-14,16H2,1-2H3,(H,28,29,32). The Bertz CT molecular complexity index is 1270. The molecule has 3 aromatic heterocycles. The minimum atomic E-state index is -0.171. The maximum absolute atomic E-state index is 12.7. The van der Waals surface area contributed by atoms with E-state index in [9.17, 15) is 4.79 Å². The van der Waals surface area contributed by atoms with Gasteiger partial charge < -0.3 is 9.14 Å². The molecule has 1 aromatic carbocycles. The number of pyridine rings is 1. The number of nitrogens with one attached hydrogen (secondary N) is 1. The lowest BCUT2D eigenvalue weighted by Gasteiger charge is -2.29. The number of nitrogens with zero attached hydrogens (tertiary/aromatic N) is 4. The summed E-state index contributed by atoms with van der Waals surface area (Å²) in [6.07, 6.45) is 6.43. The number of imidazole rings is 1. The van der Waals surface area contributed by atoms with Crippen molar-refractivity contribution >= 4 is 28.0 Å². The second-order valence-corrected chi connectivity index (χ2v) is 9.88. The van der Waals surface area contributed by atoms with Crippen molar-refractivity contribution in [1.82, 2.24) is 19.3 Å². The van der Waals surface area contributed by atoms with Crippen molar-refractivity contribution in [3.05, 3.63) is 76.7 Å². The van der Waals surface area contributed by atoms with Crippen LogP contribution in [0.15, 0.2) is 54.2 Å². The van der Waals surface area contributed by atoms with Crippen LogP contribution >= 0.6 is 11.3 Å². The molecule has 0 aliphatic carbocycles. The number of benzene rings is 1. The Kier molecular flexibility index (Phi) is 6.60. The average molecular weight is 476 g/mol. The molecule has 1 aliphatic rings. The Morgan fingerprint density at radius 2 is 1.94 bits per heavy atom. The number of likely N-dealkylation sites (tertiary alicyclic amines) is 1. The monoisotopic (exact) mass is 475 g/mol. The van der Waals surface area contributed by atoms with Crippen LogP contribution in [0.1, 0.15) is 47.1 Å². The second-order valence-electron chi connectivity index (χ2n) is 9.02. The number of thiazole rings is 1. The van der Waals surface area contributed by atoms with Gasteiger partial charge >= 0.3 is 0 Å². The maximum Gasteiger partial charge on any atom is 0.257 e. The Labute approximate surface area is 203 Å². The van der Waals surface area contributed by atoms with E-state index in [-0.39, 0.29) is 5.91 Å². The third-order valence-electron chi connectivity index (χ3n) is 6.27. The smallest absolute Gasteiger partial charge is 0.257 e. The van der Waals surface area contributed by atoms with E-state index in [1.54, 1.807) is 24.3 Å². The molecular weight excluding hydrogens is 446 g/mol. The lowest BCUT2D eigenvalue weighted by atomic mass is 9.99. The molecule has 5 rings (SSSR count). The number of aryl methyl sites for hydroxylation is 1. The predicted octanol–water partition coefficient (Wildman–Crippen LogP) is 5.16. The normalized spacial score (nSPS) is 15.0. The zero-order chi connectivity index (χ0) is 23.5. The Hall–Kier alpha value is -3.23. The number of anilines is 1. The number of carbonyl (C=O) groups excluding carboxylic acids is 1. The summed E-state index contributed by atoms with van der Waals surface area (Å²) in [6.45, 7) is 7.80. The Morgan fingerprint density at radius 3 is 2.71 bits per heavy atom. The summed E-state index contributed by atoms with van der Waals surface area (Å²) in [6, 6.07) is 11.2. The van der Waals surface area contributed by atoms with Crippen molar-refractivity contribution in [2.75, 3.05) is 18.4 Å². The minimum Gasteiger partial charge on any atom is -0.487 e. The minimum absolute atomic E-state index is 0.171. The molecule has 0 radical (unpaired) electrons. The number of ether oxygens (including phenoxy) is 1. The first kappa shape index (κ1) is 22.6. The second kappa shape index (κ2) is 9.95. The first-order valence-corrected chi connectivity index (χ1v) is 12.6. The van der Waals surface area contributed by atoms with Crippen molar-refractivity contribution < 1.29 is 9.53 Å². The summed E-state index contributed by atoms with van der Waals surface area (Å²) in [5.74, 6) is 1.33. The van der Waals surface area contributed by atoms with Gasteiger partial charge in [0.25, 0.3) is 5.91 Å². The molecule has 1 saturated heterocycles. The highest BCUT2D eigenvalue weighted by Gasteiger charge is 2.17. The van der Waals surface area contributed by atoms with E-state index in [2.05, 4.69) is 27.1 Å². The van der Waals surface area contributed by atoms with Crippen LogP contribution in [0.2, 0.25) is 0 Å². The lowest BCUT2D eigenvalue weighted by Crippen LogP contribution is -2.32. The summed E-state index contributed by atoms with van der Waals surface area (Å²) in [5, 5.41) is 5.58. The molecule has 1 amide bonds. The third kappa shape index (κ3) is 5.29. The van der Waals surface area contributed by atoms with Gasteiger partial charge in [0.2, 0.25) is 0 Å². The fourth-order valence-electron chi connectivity index (χ4n) is 4.19. The molecule has 0 saturated carbocycles. The van der Waals surface area contributed by atoms with Crippen LogP contribution in [0.4, 0.5) is 5.13 Å². The molecule has 1 aliphatic heterocycles. The molecule has 1 fully saturated rings. The van der Waals surface area contributed by atoms with Crippen LogP contribution in [-0.2, 0) is 13.2 Å². The van der Waals surface area contributed by atoms with Gasteiger partial charge in [-0.3, -0.25) is 15.0 Å². The van der Waals surface area contributed by atoms with Crippen molar-refractivity contribution in [3.8, 4) is 5.75 Å². The number of aromatic nitrogens is 3. The summed E-state index contributed by atoms with van der Waals surface area (Å²) in [4.78, 5) is 24.3. The van der Waals surface area contributed by atoms with E-state index in [4.69, 9.17) is 4.74 Å². The van der Waals surface area contributed by atoms with Gasteiger partial charge in [0.15, 0.2) is 5.13 Å². The molecule has 8 heteroatoms. The van der Waals surface area contributed by atoms with Gasteiger partial charge in [0.05, 0.1) is 11.4 Å². The fraction of sp³-hybridized carbons (Fsp3) is 0.346. The average Bonchev–Trinajstić information content (AvgIpc) is 3.47. The number of hydrogen-bond acceptors (Lipinski definition) is 6. The van der Waals surface area contributed by atoms with E-state index in [0.717, 1.165) is 48.2 Å². The number of fused-ring (bicyclic) bond motifs is 1. The molecule has 34 heavy (non-hydrogen) atoms. The molecule has 4 heterocycles. The van der Waals surface area contributed by atoms with Crippen LogP contribution in [-0.4, -0.2) is 38.3 Å². The van der Waals surface area contributed by atoms with Gasteiger partial charge in [-0.05, 0) is 74.7 Å². The zero-order valence-corrected chi connectivity index (χ0v) is 20.3. The molecule has 4 aromatic rings. The van der Waals surface area contributed by atoms with Crippen LogP contribution < -0.4 is 10.1 Å². The molecule has 0 unspecified atom stereocenters. The lowest BCUT2D eigenvalue weighted by molar-refractivity contribution is 0.102. The van der Waals surface area contributed by atoms with E-state index in [1.807, 2.05) is 41.2 Å². The van der Waals surface area contributed by atoms with Gasteiger partial charge in [-0.15, -0.1) is 11.3 Å². The summed E-state index contributed by atoms with van der Waals surface area (Å²) in [7, 11) is 0. The molecular formula is C26H29N5O2S. The van der Waals surface area contributed by atoms with Gasteiger partial charge in [0, 0.05) is 29.9 Å². The number of carbonyl (C=O) groups is 1. The molecule has 176 valence electrons. The van der Waals surface area contributed by atoms with Gasteiger partial charge in [-0.2, -0.15) is 0 Å². The van der Waals surface area contributed by atoms with Gasteiger partial charge in [-0.1, -0.05) is 13.0 Å². The van der Waals surface area contributed by atoms with E-state index < -0.39 is 0 Å². The summed E-state index contributed by atoms with van der Waals surface area (Å²) >= 11 is 1.47. The van der Waals surface area contributed by atoms with Crippen molar-refractivity contribution in [3.63, 3.8) is 0 Å². The van der Waals surface area contributed by atoms with E-state index in [0.29, 0.717) is 23.1 Å². The maximum atomic E-state index is 12.7. The Morgan fingerprint density at radius 1 is 1.15 bits per heavy atom. The number of hydrogen-bond donors (Lipinski definition) is 1. The van der Waals surface area contributed by atoms with E-state index in [1.165, 1.54) is 24.2 Å². The number of amides is 1. The molecule has 0 atom stereocenters. The molecule has 7 nitrogen and oxygen atoms in total. The predicted molar refractivity (Wildman–Crippen MR) is 134 cm³/mol. The Balaban J connectivity index is 1.14. The van der Waals surface area contributed by atoms with Gasteiger partial charge in [0.1, 0.15) is 18.0 Å². The van der Waals surface area contributed by atoms with Crippen LogP contribution in [0.5, 0.6) is 5.75 Å². The van der Waals surface area contributed by atoms with Crippen molar-refractivity contribution in [2.24, 2.45) is 5.92 Å². The SMILES string of the molecule is Cc1cccn2cc(COc3ccc(C(=O)Nc4nc(CN5CCC(C)CC5)cs4)cc3)nc12. The molecule has 0 spiro atoms. The largest absolute Gasteiger partial charge is 0.487 e. The van der Waals surface area contributed by atoms with Gasteiger partial charge in [-0.25, -0.2) is 9.97 Å². The highest BCUT2D eigenvalue weighted by atomic mass is 32.1. The topological polar surface area (TPSA) is 71.8 Å². The van der Waals surface area contributed by atoms with Crippen LogP contribution in [0.3, 0.4) is 0 Å². The van der Waals surface area contributed by atoms with Crippen LogP contribution in [0.25, 0.3) is 5.65 Å². The number of rotatable bonds is 7. The zero-order valence-electron chi connectivity index (χ0n) is 19.5. The first-order valence-electron chi connectivity index (χ1n) is 11.7. The van der Waals surface area contributed by atoms with Crippen molar-refractivity contribution in [2.45, 2.75) is 39.8 Å². The number of piperidine rings is 1. The molecule has 1 N–H and O–H groups in total. The summed E-state index contributed by atoms with van der Waals surface area (Å²) < 4.78 is 7.87. The third-order valence-corrected chi connectivity index (χ3v) is 7.07. The van der Waals surface area contributed by atoms with E-state index >= 15 is 0 Å². The highest BCUT2D eigenvalue weighted by molar-refractivity contribution is 7.14. The summed E-state index contributed by atoms with van der Waals surface area (Å²) in [5.41, 5.74) is 4.49.